The zero-order chi connectivity index (χ0) is 17.2. The van der Waals surface area contributed by atoms with Crippen molar-refractivity contribution in [2.45, 2.75) is 6.18 Å². The van der Waals surface area contributed by atoms with E-state index < -0.39 is 11.7 Å². The third-order valence-corrected chi connectivity index (χ3v) is 3.41. The number of aromatic nitrogens is 1. The minimum absolute atomic E-state index is 0.00939. The molecule has 3 rings (SSSR count). The zero-order valence-corrected chi connectivity index (χ0v) is 12.4. The SMILES string of the molecule is Oc1cc(Nc2cccnc2)cc(-c2ccccc2C(F)(F)F)c1. The van der Waals surface area contributed by atoms with E-state index in [9.17, 15) is 18.3 Å². The van der Waals surface area contributed by atoms with E-state index in [1.54, 1.807) is 30.6 Å². The normalized spacial score (nSPS) is 11.3. The number of rotatable bonds is 3. The summed E-state index contributed by atoms with van der Waals surface area (Å²) in [7, 11) is 0. The second-order valence-electron chi connectivity index (χ2n) is 5.18. The maximum absolute atomic E-state index is 13.2. The summed E-state index contributed by atoms with van der Waals surface area (Å²) in [5, 5.41) is 12.9. The van der Waals surface area contributed by atoms with Gasteiger partial charge in [0, 0.05) is 18.0 Å². The van der Waals surface area contributed by atoms with Crippen LogP contribution in [-0.4, -0.2) is 10.1 Å². The molecule has 3 aromatic rings. The molecule has 122 valence electrons. The number of nitrogens with zero attached hydrogens (tertiary/aromatic N) is 1. The van der Waals surface area contributed by atoms with Crippen LogP contribution in [0.3, 0.4) is 0 Å². The van der Waals surface area contributed by atoms with E-state index in [1.165, 1.54) is 30.3 Å². The Bertz CT molecular complexity index is 848. The number of alkyl halides is 3. The molecule has 0 radical (unpaired) electrons. The summed E-state index contributed by atoms with van der Waals surface area (Å²) in [6.07, 6.45) is -1.29. The van der Waals surface area contributed by atoms with Crippen LogP contribution in [0.15, 0.2) is 67.0 Å². The highest BCUT2D eigenvalue weighted by Gasteiger charge is 2.33. The highest BCUT2D eigenvalue weighted by molar-refractivity contribution is 5.75. The van der Waals surface area contributed by atoms with Crippen LogP contribution in [0.1, 0.15) is 5.56 Å². The first-order valence-corrected chi connectivity index (χ1v) is 7.11. The Morgan fingerprint density at radius 2 is 1.71 bits per heavy atom. The molecule has 0 amide bonds. The molecule has 1 heterocycles. The van der Waals surface area contributed by atoms with Crippen molar-refractivity contribution in [3.8, 4) is 16.9 Å². The van der Waals surface area contributed by atoms with Gasteiger partial charge in [-0.25, -0.2) is 0 Å². The van der Waals surface area contributed by atoms with Crippen LogP contribution in [0.25, 0.3) is 11.1 Å². The number of pyridine rings is 1. The monoisotopic (exact) mass is 330 g/mol. The molecule has 24 heavy (non-hydrogen) atoms. The van der Waals surface area contributed by atoms with Crippen LogP contribution >= 0.6 is 0 Å². The minimum atomic E-state index is -4.47. The fraction of sp³-hybridized carbons (Fsp3) is 0.0556. The smallest absolute Gasteiger partial charge is 0.417 e. The van der Waals surface area contributed by atoms with E-state index in [-0.39, 0.29) is 16.9 Å². The molecule has 2 aromatic carbocycles. The second-order valence-corrected chi connectivity index (χ2v) is 5.18. The molecule has 0 bridgehead atoms. The number of hydrogen-bond acceptors (Lipinski definition) is 3. The molecule has 0 aliphatic heterocycles. The van der Waals surface area contributed by atoms with Gasteiger partial charge in [-0.05, 0) is 41.5 Å². The van der Waals surface area contributed by atoms with E-state index in [0.29, 0.717) is 11.4 Å². The summed E-state index contributed by atoms with van der Waals surface area (Å²) < 4.78 is 39.6. The number of anilines is 2. The number of aromatic hydroxyl groups is 1. The van der Waals surface area contributed by atoms with Crippen molar-refractivity contribution < 1.29 is 18.3 Å². The topological polar surface area (TPSA) is 45.1 Å². The molecule has 0 atom stereocenters. The van der Waals surface area contributed by atoms with Crippen LogP contribution < -0.4 is 5.32 Å². The average Bonchev–Trinajstić information content (AvgIpc) is 2.54. The summed E-state index contributed by atoms with van der Waals surface area (Å²) in [4.78, 5) is 3.96. The van der Waals surface area contributed by atoms with Crippen LogP contribution in [-0.2, 0) is 6.18 Å². The quantitative estimate of drug-likeness (QED) is 0.692. The van der Waals surface area contributed by atoms with Gasteiger partial charge in [-0.15, -0.1) is 0 Å². The molecule has 0 fully saturated rings. The lowest BCUT2D eigenvalue weighted by Gasteiger charge is -2.14. The van der Waals surface area contributed by atoms with E-state index in [2.05, 4.69) is 10.3 Å². The van der Waals surface area contributed by atoms with Crippen molar-refractivity contribution in [3.63, 3.8) is 0 Å². The Labute approximate surface area is 136 Å². The Hall–Kier alpha value is -3.02. The zero-order valence-electron chi connectivity index (χ0n) is 12.4. The molecule has 0 saturated carbocycles. The van der Waals surface area contributed by atoms with E-state index in [0.717, 1.165) is 6.07 Å². The van der Waals surface area contributed by atoms with Crippen molar-refractivity contribution in [3.05, 3.63) is 72.6 Å². The third kappa shape index (κ3) is 3.48. The maximum atomic E-state index is 13.2. The summed E-state index contributed by atoms with van der Waals surface area (Å²) in [5.41, 5.74) is 0.667. The van der Waals surface area contributed by atoms with Crippen molar-refractivity contribution >= 4 is 11.4 Å². The Morgan fingerprint density at radius 1 is 0.917 bits per heavy atom. The number of nitrogens with one attached hydrogen (secondary N) is 1. The van der Waals surface area contributed by atoms with Gasteiger partial charge in [0.15, 0.2) is 0 Å². The van der Waals surface area contributed by atoms with Gasteiger partial charge in [-0.2, -0.15) is 13.2 Å². The van der Waals surface area contributed by atoms with Gasteiger partial charge in [0.25, 0.3) is 0 Å². The van der Waals surface area contributed by atoms with Crippen molar-refractivity contribution in [1.82, 2.24) is 4.98 Å². The average molecular weight is 330 g/mol. The molecule has 3 nitrogen and oxygen atoms in total. The largest absolute Gasteiger partial charge is 0.508 e. The van der Waals surface area contributed by atoms with Crippen LogP contribution in [0, 0.1) is 0 Å². The number of benzene rings is 2. The molecule has 0 saturated heterocycles. The minimum Gasteiger partial charge on any atom is -0.508 e. The summed E-state index contributed by atoms with van der Waals surface area (Å²) in [6.45, 7) is 0. The number of phenolic OH excluding ortho intramolecular Hbond substituents is 1. The molecule has 0 aliphatic rings. The predicted molar refractivity (Wildman–Crippen MR) is 86.1 cm³/mol. The first-order valence-electron chi connectivity index (χ1n) is 7.11. The van der Waals surface area contributed by atoms with E-state index >= 15 is 0 Å². The lowest BCUT2D eigenvalue weighted by Crippen LogP contribution is -2.06. The van der Waals surface area contributed by atoms with Crippen LogP contribution in [0.5, 0.6) is 5.75 Å². The molecular weight excluding hydrogens is 317 g/mol. The fourth-order valence-electron chi connectivity index (χ4n) is 2.42. The van der Waals surface area contributed by atoms with Crippen molar-refractivity contribution in [2.75, 3.05) is 5.32 Å². The van der Waals surface area contributed by atoms with Crippen LogP contribution in [0.2, 0.25) is 0 Å². The molecule has 0 spiro atoms. The number of halogens is 3. The second kappa shape index (κ2) is 6.23. The number of phenols is 1. The first kappa shape index (κ1) is 15.9. The van der Waals surface area contributed by atoms with E-state index in [4.69, 9.17) is 0 Å². The standard InChI is InChI=1S/C18H13F3N2O/c19-18(20,21)17-6-2-1-5-16(17)12-8-14(10-15(24)9-12)23-13-4-3-7-22-11-13/h1-11,23-24H. The van der Waals surface area contributed by atoms with Gasteiger partial charge in [-0.1, -0.05) is 18.2 Å². The summed E-state index contributed by atoms with van der Waals surface area (Å²) in [6, 6.07) is 13.1. The Morgan fingerprint density at radius 3 is 2.42 bits per heavy atom. The first-order chi connectivity index (χ1) is 11.4. The van der Waals surface area contributed by atoms with Crippen molar-refractivity contribution in [2.24, 2.45) is 0 Å². The van der Waals surface area contributed by atoms with Gasteiger partial charge >= 0.3 is 6.18 Å². The molecule has 2 N–H and O–H groups in total. The highest BCUT2D eigenvalue weighted by atomic mass is 19.4. The Kier molecular flexibility index (Phi) is 4.12. The summed E-state index contributed by atoms with van der Waals surface area (Å²) in [5.74, 6) is -0.129. The molecule has 0 unspecified atom stereocenters. The predicted octanol–water partition coefficient (Wildman–Crippen LogP) is 5.22. The molecule has 0 aliphatic carbocycles. The maximum Gasteiger partial charge on any atom is 0.417 e. The van der Waals surface area contributed by atoms with Gasteiger partial charge < -0.3 is 10.4 Å². The fourth-order valence-corrected chi connectivity index (χ4v) is 2.42. The van der Waals surface area contributed by atoms with Gasteiger partial charge in [0.05, 0.1) is 17.4 Å². The van der Waals surface area contributed by atoms with Gasteiger partial charge in [-0.3, -0.25) is 4.98 Å². The lowest BCUT2D eigenvalue weighted by atomic mass is 9.98. The van der Waals surface area contributed by atoms with Gasteiger partial charge in [0.1, 0.15) is 5.75 Å². The van der Waals surface area contributed by atoms with E-state index in [1.807, 2.05) is 0 Å². The molecule has 6 heteroatoms. The lowest BCUT2D eigenvalue weighted by molar-refractivity contribution is -0.137. The number of hydrogen-bond donors (Lipinski definition) is 2. The molecule has 1 aromatic heterocycles. The van der Waals surface area contributed by atoms with Crippen molar-refractivity contribution in [1.29, 1.82) is 0 Å². The highest BCUT2D eigenvalue weighted by Crippen LogP contribution is 2.39. The van der Waals surface area contributed by atoms with Gasteiger partial charge in [0.2, 0.25) is 0 Å². The van der Waals surface area contributed by atoms with Crippen LogP contribution in [0.4, 0.5) is 24.5 Å². The summed E-state index contributed by atoms with van der Waals surface area (Å²) >= 11 is 0. The Balaban J connectivity index is 2.04. The third-order valence-electron chi connectivity index (χ3n) is 3.41. The molecular formula is C18H13F3N2O.